The van der Waals surface area contributed by atoms with Gasteiger partial charge in [-0.1, -0.05) is 20.8 Å². The molecule has 3 rings (SSSR count). The highest BCUT2D eigenvalue weighted by Crippen LogP contribution is 2.43. The van der Waals surface area contributed by atoms with E-state index in [1.807, 2.05) is 4.90 Å². The number of likely N-dealkylation sites (tertiary alicyclic amines) is 1. The molecule has 2 saturated heterocycles. The van der Waals surface area contributed by atoms with Crippen LogP contribution in [0.5, 0.6) is 0 Å². The summed E-state index contributed by atoms with van der Waals surface area (Å²) in [6, 6.07) is 0. The normalized spacial score (nSPS) is 34.4. The maximum absolute atomic E-state index is 12.6. The molecule has 1 spiro atoms. The predicted octanol–water partition coefficient (Wildman–Crippen LogP) is 1.77. The van der Waals surface area contributed by atoms with Crippen molar-refractivity contribution in [3.05, 3.63) is 0 Å². The topological polar surface area (TPSA) is 58.6 Å². The van der Waals surface area contributed by atoms with Gasteiger partial charge in [-0.15, -0.1) is 0 Å². The minimum atomic E-state index is -0.442. The fourth-order valence-corrected chi connectivity index (χ4v) is 4.28. The van der Waals surface area contributed by atoms with Crippen molar-refractivity contribution < 1.29 is 14.3 Å². The van der Waals surface area contributed by atoms with Crippen LogP contribution in [0.15, 0.2) is 0 Å². The molecular weight excluding hydrogens is 256 g/mol. The van der Waals surface area contributed by atoms with Gasteiger partial charge in [0.15, 0.2) is 5.60 Å². The maximum Gasteiger partial charge on any atom is 0.408 e. The van der Waals surface area contributed by atoms with Crippen molar-refractivity contribution in [2.75, 3.05) is 19.6 Å². The van der Waals surface area contributed by atoms with Gasteiger partial charge in [0, 0.05) is 5.92 Å². The molecule has 20 heavy (non-hydrogen) atoms. The molecule has 3 aliphatic rings. The fraction of sp³-hybridized carbons (Fsp3) is 0.867. The number of carbonyl (C=O) groups excluding carboxylic acids is 2. The largest absolute Gasteiger partial charge is 0.437 e. The van der Waals surface area contributed by atoms with Gasteiger partial charge in [0.2, 0.25) is 5.91 Å². The van der Waals surface area contributed by atoms with Crippen molar-refractivity contribution in [2.45, 2.75) is 45.6 Å². The molecule has 0 aromatic rings. The molecule has 1 aliphatic carbocycles. The third-order valence-electron chi connectivity index (χ3n) is 4.87. The Morgan fingerprint density at radius 2 is 2.05 bits per heavy atom. The molecule has 0 aromatic carbocycles. The molecule has 1 N–H and O–H groups in total. The zero-order chi connectivity index (χ0) is 14.5. The summed E-state index contributed by atoms with van der Waals surface area (Å²) in [5.41, 5.74) is -0.190. The van der Waals surface area contributed by atoms with Gasteiger partial charge in [-0.25, -0.2) is 4.79 Å². The van der Waals surface area contributed by atoms with E-state index in [1.54, 1.807) is 0 Å². The number of rotatable bonds is 1. The smallest absolute Gasteiger partial charge is 0.408 e. The first kappa shape index (κ1) is 13.7. The summed E-state index contributed by atoms with van der Waals surface area (Å²) in [6.07, 6.45) is 2.80. The van der Waals surface area contributed by atoms with E-state index in [-0.39, 0.29) is 23.3 Å². The molecule has 0 bridgehead atoms. The van der Waals surface area contributed by atoms with Crippen LogP contribution in [0.25, 0.3) is 0 Å². The van der Waals surface area contributed by atoms with E-state index in [0.29, 0.717) is 25.6 Å². The quantitative estimate of drug-likeness (QED) is 0.796. The highest BCUT2D eigenvalue weighted by molar-refractivity contribution is 5.81. The lowest BCUT2D eigenvalue weighted by Crippen LogP contribution is -2.66. The van der Waals surface area contributed by atoms with E-state index >= 15 is 0 Å². The standard InChI is InChI=1S/C15H24N2O3/c1-10-4-11(6-14(2,3)5-10)12(18)17-8-15(9-17)7-16-13(19)20-15/h10-11H,4-9H2,1-3H3,(H,16,19). The van der Waals surface area contributed by atoms with E-state index in [1.165, 1.54) is 6.42 Å². The van der Waals surface area contributed by atoms with E-state index in [9.17, 15) is 9.59 Å². The van der Waals surface area contributed by atoms with E-state index < -0.39 is 5.60 Å². The van der Waals surface area contributed by atoms with Crippen LogP contribution in [0.4, 0.5) is 4.79 Å². The summed E-state index contributed by atoms with van der Waals surface area (Å²) >= 11 is 0. The molecular formula is C15H24N2O3. The van der Waals surface area contributed by atoms with Gasteiger partial charge >= 0.3 is 6.09 Å². The summed E-state index contributed by atoms with van der Waals surface area (Å²) in [5.74, 6) is 0.989. The molecule has 2 unspecified atom stereocenters. The zero-order valence-corrected chi connectivity index (χ0v) is 12.6. The van der Waals surface area contributed by atoms with Crippen LogP contribution in [-0.4, -0.2) is 42.1 Å². The van der Waals surface area contributed by atoms with Crippen molar-refractivity contribution in [3.8, 4) is 0 Å². The summed E-state index contributed by atoms with van der Waals surface area (Å²) in [6.45, 7) is 8.38. The number of amides is 2. The van der Waals surface area contributed by atoms with Crippen LogP contribution >= 0.6 is 0 Å². The van der Waals surface area contributed by atoms with Crippen LogP contribution in [-0.2, 0) is 9.53 Å². The lowest BCUT2D eigenvalue weighted by Gasteiger charge is -2.48. The maximum atomic E-state index is 12.6. The minimum absolute atomic E-state index is 0.135. The highest BCUT2D eigenvalue weighted by Gasteiger charge is 2.53. The molecule has 2 atom stereocenters. The highest BCUT2D eigenvalue weighted by atomic mass is 16.6. The van der Waals surface area contributed by atoms with E-state index in [4.69, 9.17) is 4.74 Å². The second-order valence-electron chi connectivity index (χ2n) is 7.73. The van der Waals surface area contributed by atoms with Crippen molar-refractivity contribution in [1.82, 2.24) is 10.2 Å². The van der Waals surface area contributed by atoms with Crippen molar-refractivity contribution >= 4 is 12.0 Å². The van der Waals surface area contributed by atoms with Gasteiger partial charge < -0.3 is 15.0 Å². The minimum Gasteiger partial charge on any atom is -0.437 e. The average Bonchev–Trinajstić information content (AvgIpc) is 2.66. The number of hydrogen-bond acceptors (Lipinski definition) is 3. The Kier molecular flexibility index (Phi) is 2.99. The Morgan fingerprint density at radius 3 is 2.60 bits per heavy atom. The van der Waals surface area contributed by atoms with Crippen molar-refractivity contribution in [3.63, 3.8) is 0 Å². The van der Waals surface area contributed by atoms with E-state index in [0.717, 1.165) is 12.8 Å². The molecule has 5 nitrogen and oxygen atoms in total. The number of hydrogen-bond donors (Lipinski definition) is 1. The number of ether oxygens (including phenoxy) is 1. The Labute approximate surface area is 120 Å². The Hall–Kier alpha value is -1.26. The zero-order valence-electron chi connectivity index (χ0n) is 12.6. The summed E-state index contributed by atoms with van der Waals surface area (Å²) in [5, 5.41) is 2.67. The monoisotopic (exact) mass is 280 g/mol. The number of nitrogens with one attached hydrogen (secondary N) is 1. The van der Waals surface area contributed by atoms with Crippen LogP contribution in [0.3, 0.4) is 0 Å². The average molecular weight is 280 g/mol. The lowest BCUT2D eigenvalue weighted by atomic mass is 9.67. The molecule has 2 aliphatic heterocycles. The molecule has 1 saturated carbocycles. The van der Waals surface area contributed by atoms with E-state index in [2.05, 4.69) is 26.1 Å². The van der Waals surface area contributed by atoms with Crippen LogP contribution in [0.2, 0.25) is 0 Å². The molecule has 0 radical (unpaired) electrons. The second-order valence-corrected chi connectivity index (χ2v) is 7.73. The predicted molar refractivity (Wildman–Crippen MR) is 74.1 cm³/mol. The Morgan fingerprint density at radius 1 is 1.35 bits per heavy atom. The van der Waals surface area contributed by atoms with Gasteiger partial charge in [-0.3, -0.25) is 4.79 Å². The van der Waals surface area contributed by atoms with Gasteiger partial charge in [0.1, 0.15) is 0 Å². The van der Waals surface area contributed by atoms with Crippen molar-refractivity contribution in [2.24, 2.45) is 17.3 Å². The van der Waals surface area contributed by atoms with Crippen LogP contribution in [0.1, 0.15) is 40.0 Å². The van der Waals surface area contributed by atoms with Crippen LogP contribution in [0, 0.1) is 17.3 Å². The first-order valence-corrected chi connectivity index (χ1v) is 7.54. The molecule has 112 valence electrons. The molecule has 3 fully saturated rings. The summed E-state index contributed by atoms with van der Waals surface area (Å²) in [7, 11) is 0. The Balaban J connectivity index is 1.59. The Bertz CT molecular complexity index is 440. The SMILES string of the molecule is CC1CC(C(=O)N2CC3(CNC(=O)O3)C2)CC(C)(C)C1. The summed E-state index contributed by atoms with van der Waals surface area (Å²) in [4.78, 5) is 25.6. The van der Waals surface area contributed by atoms with Gasteiger partial charge in [-0.05, 0) is 30.6 Å². The molecule has 0 aromatic heterocycles. The number of carbonyl (C=O) groups is 2. The third-order valence-corrected chi connectivity index (χ3v) is 4.87. The van der Waals surface area contributed by atoms with Gasteiger partial charge in [-0.2, -0.15) is 0 Å². The lowest BCUT2D eigenvalue weighted by molar-refractivity contribution is -0.157. The third kappa shape index (κ3) is 2.38. The molecule has 2 amide bonds. The van der Waals surface area contributed by atoms with Crippen LogP contribution < -0.4 is 5.32 Å². The molecule has 5 heteroatoms. The second kappa shape index (κ2) is 4.37. The first-order valence-electron chi connectivity index (χ1n) is 7.54. The number of alkyl carbamates (subject to hydrolysis) is 1. The van der Waals surface area contributed by atoms with Gasteiger partial charge in [0.05, 0.1) is 19.6 Å². The molecule has 2 heterocycles. The van der Waals surface area contributed by atoms with Gasteiger partial charge in [0.25, 0.3) is 0 Å². The fourth-order valence-electron chi connectivity index (χ4n) is 4.28. The van der Waals surface area contributed by atoms with Crippen molar-refractivity contribution in [1.29, 1.82) is 0 Å². The summed E-state index contributed by atoms with van der Waals surface area (Å²) < 4.78 is 5.27. The number of nitrogens with zero attached hydrogens (tertiary/aromatic N) is 1. The first-order chi connectivity index (χ1) is 9.29.